The Morgan fingerprint density at radius 1 is 1.17 bits per heavy atom. The molecule has 0 aromatic carbocycles. The summed E-state index contributed by atoms with van der Waals surface area (Å²) in [6, 6.07) is 3.54. The van der Waals surface area contributed by atoms with Gasteiger partial charge in [0.15, 0.2) is 0 Å². The van der Waals surface area contributed by atoms with Crippen LogP contribution in [-0.2, 0) is 13.1 Å². The lowest BCUT2D eigenvalue weighted by Crippen LogP contribution is -2.25. The van der Waals surface area contributed by atoms with Gasteiger partial charge < -0.3 is 15.4 Å². The molecular weight excluding hydrogens is 306 g/mol. The van der Waals surface area contributed by atoms with Gasteiger partial charge in [-0.05, 0) is 31.7 Å². The molecule has 0 unspecified atom stereocenters. The quantitative estimate of drug-likeness (QED) is 0.926. The Hall–Kier alpha value is -2.70. The van der Waals surface area contributed by atoms with Crippen molar-refractivity contribution in [3.05, 3.63) is 41.3 Å². The zero-order valence-electron chi connectivity index (χ0n) is 13.3. The van der Waals surface area contributed by atoms with E-state index in [2.05, 4.69) is 15.0 Å². The summed E-state index contributed by atoms with van der Waals surface area (Å²) in [5.74, 6) is 0.742. The number of rotatable bonds is 3. The van der Waals surface area contributed by atoms with E-state index < -0.39 is 0 Å². The number of hydrogen-bond acceptors (Lipinski definition) is 6. The van der Waals surface area contributed by atoms with Crippen molar-refractivity contribution in [2.75, 3.05) is 5.73 Å². The van der Waals surface area contributed by atoms with Gasteiger partial charge in [0.05, 0.1) is 17.8 Å². The Balaban J connectivity index is 1.43. The maximum Gasteiger partial charge on any atom is 0.256 e. The first-order valence-electron chi connectivity index (χ1n) is 8.21. The zero-order chi connectivity index (χ0) is 16.5. The smallest absolute Gasteiger partial charge is 0.256 e. The number of pyridine rings is 1. The number of aromatic nitrogens is 3. The molecule has 1 aliphatic heterocycles. The third kappa shape index (κ3) is 2.89. The van der Waals surface area contributed by atoms with E-state index in [0.717, 1.165) is 24.1 Å². The lowest BCUT2D eigenvalue weighted by atomic mass is 10.2. The minimum absolute atomic E-state index is 0.0773. The van der Waals surface area contributed by atoms with Gasteiger partial charge in [-0.15, -0.1) is 0 Å². The monoisotopic (exact) mass is 325 g/mol. The highest BCUT2D eigenvalue weighted by Crippen LogP contribution is 2.25. The van der Waals surface area contributed by atoms with Crippen molar-refractivity contribution in [1.29, 1.82) is 0 Å². The Morgan fingerprint density at radius 2 is 2.00 bits per heavy atom. The lowest BCUT2D eigenvalue weighted by molar-refractivity contribution is 0.0750. The molecule has 1 aliphatic carbocycles. The molecule has 7 nitrogen and oxygen atoms in total. The summed E-state index contributed by atoms with van der Waals surface area (Å²) in [5.41, 5.74) is 7.89. The predicted molar refractivity (Wildman–Crippen MR) is 87.1 cm³/mol. The molecule has 2 aliphatic rings. The average molecular weight is 325 g/mol. The third-order valence-electron chi connectivity index (χ3n) is 4.53. The molecule has 4 rings (SSSR count). The summed E-state index contributed by atoms with van der Waals surface area (Å²) >= 11 is 0. The lowest BCUT2D eigenvalue weighted by Gasteiger charge is -2.16. The van der Waals surface area contributed by atoms with Crippen LogP contribution < -0.4 is 10.5 Å². The van der Waals surface area contributed by atoms with Gasteiger partial charge in [0, 0.05) is 30.6 Å². The van der Waals surface area contributed by atoms with E-state index in [1.54, 1.807) is 29.4 Å². The summed E-state index contributed by atoms with van der Waals surface area (Å²) in [5, 5.41) is 0. The second kappa shape index (κ2) is 6.07. The van der Waals surface area contributed by atoms with Crippen LogP contribution in [0.25, 0.3) is 0 Å². The van der Waals surface area contributed by atoms with E-state index in [-0.39, 0.29) is 18.0 Å². The summed E-state index contributed by atoms with van der Waals surface area (Å²) < 4.78 is 5.83. The van der Waals surface area contributed by atoms with E-state index in [9.17, 15) is 4.79 Å². The number of anilines is 1. The molecule has 2 aromatic rings. The molecule has 0 atom stereocenters. The first kappa shape index (κ1) is 14.9. The molecule has 124 valence electrons. The number of ether oxygens (including phenoxy) is 1. The molecule has 0 radical (unpaired) electrons. The standard InChI is InChI=1S/C17H19N5O2/c18-17-20-8-12-9-22(10-14(12)21-17)16(23)11-5-6-15(19-7-11)24-13-3-1-2-4-13/h5-8,13H,1-4,9-10H2,(H2,18,20,21). The highest BCUT2D eigenvalue weighted by molar-refractivity contribution is 5.94. The van der Waals surface area contributed by atoms with Gasteiger partial charge in [-0.3, -0.25) is 4.79 Å². The van der Waals surface area contributed by atoms with Gasteiger partial charge in [-0.25, -0.2) is 15.0 Å². The second-order valence-corrected chi connectivity index (χ2v) is 6.27. The zero-order valence-corrected chi connectivity index (χ0v) is 13.3. The van der Waals surface area contributed by atoms with Gasteiger partial charge in [-0.2, -0.15) is 0 Å². The Morgan fingerprint density at radius 3 is 2.75 bits per heavy atom. The van der Waals surface area contributed by atoms with E-state index in [1.807, 2.05) is 0 Å². The topological polar surface area (TPSA) is 94.2 Å². The Kier molecular flexibility index (Phi) is 3.76. The van der Waals surface area contributed by atoms with Crippen LogP contribution in [0.15, 0.2) is 24.5 Å². The normalized spacial score (nSPS) is 17.1. The molecule has 7 heteroatoms. The molecular formula is C17H19N5O2. The van der Waals surface area contributed by atoms with Gasteiger partial charge >= 0.3 is 0 Å². The van der Waals surface area contributed by atoms with E-state index in [0.29, 0.717) is 24.5 Å². The Labute approximate surface area is 139 Å². The number of fused-ring (bicyclic) bond motifs is 1. The first-order valence-corrected chi connectivity index (χ1v) is 8.21. The molecule has 2 N–H and O–H groups in total. The number of nitrogens with two attached hydrogens (primary N) is 1. The summed E-state index contributed by atoms with van der Waals surface area (Å²) in [7, 11) is 0. The van der Waals surface area contributed by atoms with Crippen LogP contribution in [0.2, 0.25) is 0 Å². The third-order valence-corrected chi connectivity index (χ3v) is 4.53. The van der Waals surface area contributed by atoms with Gasteiger partial charge in [-0.1, -0.05) is 0 Å². The van der Waals surface area contributed by atoms with Crippen LogP contribution in [0.4, 0.5) is 5.95 Å². The fraction of sp³-hybridized carbons (Fsp3) is 0.412. The fourth-order valence-electron chi connectivity index (χ4n) is 3.25. The summed E-state index contributed by atoms with van der Waals surface area (Å²) in [4.78, 5) is 26.8. The molecule has 2 aromatic heterocycles. The van der Waals surface area contributed by atoms with E-state index in [4.69, 9.17) is 10.5 Å². The molecule has 0 spiro atoms. The van der Waals surface area contributed by atoms with Crippen molar-refractivity contribution in [2.45, 2.75) is 44.9 Å². The molecule has 1 saturated carbocycles. The minimum Gasteiger partial charge on any atom is -0.474 e. The highest BCUT2D eigenvalue weighted by Gasteiger charge is 2.26. The SMILES string of the molecule is Nc1ncc2c(n1)CN(C(=O)c1ccc(OC3CCCC3)nc1)C2. The number of amides is 1. The van der Waals surface area contributed by atoms with Crippen molar-refractivity contribution < 1.29 is 9.53 Å². The fourth-order valence-corrected chi connectivity index (χ4v) is 3.25. The minimum atomic E-state index is -0.0773. The molecule has 1 fully saturated rings. The van der Waals surface area contributed by atoms with Crippen LogP contribution in [-0.4, -0.2) is 31.9 Å². The van der Waals surface area contributed by atoms with Crippen molar-refractivity contribution in [3.8, 4) is 5.88 Å². The molecule has 0 saturated heterocycles. The summed E-state index contributed by atoms with van der Waals surface area (Å²) in [6.45, 7) is 0.940. The van der Waals surface area contributed by atoms with Crippen LogP contribution in [0.5, 0.6) is 5.88 Å². The maximum absolute atomic E-state index is 12.6. The van der Waals surface area contributed by atoms with Gasteiger partial charge in [0.1, 0.15) is 6.10 Å². The van der Waals surface area contributed by atoms with Gasteiger partial charge in [0.2, 0.25) is 11.8 Å². The highest BCUT2D eigenvalue weighted by atomic mass is 16.5. The number of carbonyl (C=O) groups excluding carboxylic acids is 1. The number of nitrogens with zero attached hydrogens (tertiary/aromatic N) is 4. The van der Waals surface area contributed by atoms with Crippen molar-refractivity contribution in [1.82, 2.24) is 19.9 Å². The number of hydrogen-bond donors (Lipinski definition) is 1. The number of nitrogen functional groups attached to an aromatic ring is 1. The van der Waals surface area contributed by atoms with Gasteiger partial charge in [0.25, 0.3) is 5.91 Å². The first-order chi connectivity index (χ1) is 11.7. The number of carbonyl (C=O) groups is 1. The van der Waals surface area contributed by atoms with Crippen LogP contribution in [0.1, 0.15) is 47.3 Å². The van der Waals surface area contributed by atoms with Crippen LogP contribution >= 0.6 is 0 Å². The second-order valence-electron chi connectivity index (χ2n) is 6.27. The molecule has 24 heavy (non-hydrogen) atoms. The maximum atomic E-state index is 12.6. The van der Waals surface area contributed by atoms with E-state index in [1.165, 1.54) is 12.8 Å². The molecule has 1 amide bonds. The summed E-state index contributed by atoms with van der Waals surface area (Å²) in [6.07, 6.45) is 8.11. The van der Waals surface area contributed by atoms with Crippen molar-refractivity contribution in [3.63, 3.8) is 0 Å². The van der Waals surface area contributed by atoms with Crippen LogP contribution in [0.3, 0.4) is 0 Å². The Bertz CT molecular complexity index is 756. The van der Waals surface area contributed by atoms with E-state index >= 15 is 0 Å². The van der Waals surface area contributed by atoms with Crippen molar-refractivity contribution in [2.24, 2.45) is 0 Å². The largest absolute Gasteiger partial charge is 0.474 e. The van der Waals surface area contributed by atoms with Crippen molar-refractivity contribution >= 4 is 11.9 Å². The molecule has 0 bridgehead atoms. The predicted octanol–water partition coefficient (Wildman–Crippen LogP) is 1.93. The molecule has 3 heterocycles. The average Bonchev–Trinajstić information content (AvgIpc) is 3.24. The van der Waals surface area contributed by atoms with Crippen LogP contribution in [0, 0.1) is 0 Å².